The average molecular weight is 291 g/mol. The topological polar surface area (TPSA) is 50.5 Å². The van der Waals surface area contributed by atoms with Gasteiger partial charge in [-0.1, -0.05) is 19.8 Å². The smallest absolute Gasteiger partial charge is 0.123 e. The van der Waals surface area contributed by atoms with Crippen LogP contribution in [0.2, 0.25) is 0 Å². The number of hydrogen-bond acceptors (Lipinski definition) is 4. The molecule has 4 heteroatoms. The number of likely N-dealkylation sites (N-methyl/N-ethyl adjacent to an activating group) is 1. The van der Waals surface area contributed by atoms with Crippen LogP contribution in [0.25, 0.3) is 0 Å². The van der Waals surface area contributed by atoms with Crippen LogP contribution in [-0.2, 0) is 0 Å². The largest absolute Gasteiger partial charge is 0.493 e. The van der Waals surface area contributed by atoms with Gasteiger partial charge in [-0.3, -0.25) is 0 Å². The highest BCUT2D eigenvalue weighted by atomic mass is 16.5. The molecule has 0 spiro atoms. The normalized spacial score (nSPS) is 15.6. The van der Waals surface area contributed by atoms with Gasteiger partial charge in [-0.2, -0.15) is 0 Å². The summed E-state index contributed by atoms with van der Waals surface area (Å²) >= 11 is 0. The molecule has 0 amide bonds. The number of anilines is 2. The summed E-state index contributed by atoms with van der Waals surface area (Å²) in [6.45, 7) is 4.83. The van der Waals surface area contributed by atoms with Crippen LogP contribution >= 0.6 is 0 Å². The fourth-order valence-corrected chi connectivity index (χ4v) is 2.93. The van der Waals surface area contributed by atoms with E-state index in [1.807, 2.05) is 18.2 Å². The van der Waals surface area contributed by atoms with Gasteiger partial charge in [0.2, 0.25) is 0 Å². The van der Waals surface area contributed by atoms with Gasteiger partial charge in [0.1, 0.15) is 5.75 Å². The maximum atomic E-state index is 5.93. The molecule has 4 nitrogen and oxygen atoms in total. The Morgan fingerprint density at radius 1 is 1.29 bits per heavy atom. The van der Waals surface area contributed by atoms with E-state index in [-0.39, 0.29) is 0 Å². The number of nitrogen functional groups attached to an aromatic ring is 1. The summed E-state index contributed by atoms with van der Waals surface area (Å²) in [5.41, 5.74) is 7.72. The summed E-state index contributed by atoms with van der Waals surface area (Å²) in [6, 6.07) is 6.65. The quantitative estimate of drug-likeness (QED) is 0.721. The SMILES string of the molecule is CCCOc1cc(N)cc(NCCN(C)C2CCCC2)c1. The Morgan fingerprint density at radius 3 is 2.76 bits per heavy atom. The molecule has 1 saturated carbocycles. The minimum atomic E-state index is 0.729. The van der Waals surface area contributed by atoms with Crippen LogP contribution in [0.15, 0.2) is 18.2 Å². The molecule has 1 fully saturated rings. The zero-order chi connectivity index (χ0) is 15.1. The van der Waals surface area contributed by atoms with Gasteiger partial charge < -0.3 is 20.7 Å². The molecule has 21 heavy (non-hydrogen) atoms. The van der Waals surface area contributed by atoms with E-state index in [0.29, 0.717) is 0 Å². The van der Waals surface area contributed by atoms with Crippen LogP contribution < -0.4 is 15.8 Å². The van der Waals surface area contributed by atoms with E-state index in [1.165, 1.54) is 25.7 Å². The number of nitrogens with two attached hydrogens (primary N) is 1. The lowest BCUT2D eigenvalue weighted by Crippen LogP contribution is -2.33. The van der Waals surface area contributed by atoms with Crippen LogP contribution in [-0.4, -0.2) is 37.7 Å². The van der Waals surface area contributed by atoms with Crippen molar-refractivity contribution in [2.24, 2.45) is 0 Å². The third-order valence-electron chi connectivity index (χ3n) is 4.14. The molecule has 0 atom stereocenters. The molecule has 0 unspecified atom stereocenters. The molecular formula is C17H29N3O. The first-order chi connectivity index (χ1) is 10.2. The van der Waals surface area contributed by atoms with Gasteiger partial charge in [0, 0.05) is 42.6 Å². The number of nitrogens with one attached hydrogen (secondary N) is 1. The maximum absolute atomic E-state index is 5.93. The Balaban J connectivity index is 1.80. The van der Waals surface area contributed by atoms with Gasteiger partial charge >= 0.3 is 0 Å². The molecule has 0 aromatic heterocycles. The number of benzene rings is 1. The van der Waals surface area contributed by atoms with Crippen molar-refractivity contribution in [3.05, 3.63) is 18.2 Å². The lowest BCUT2D eigenvalue weighted by Gasteiger charge is -2.24. The molecule has 0 bridgehead atoms. The van der Waals surface area contributed by atoms with E-state index in [9.17, 15) is 0 Å². The van der Waals surface area contributed by atoms with Crippen LogP contribution in [0.3, 0.4) is 0 Å². The zero-order valence-corrected chi connectivity index (χ0v) is 13.4. The zero-order valence-electron chi connectivity index (χ0n) is 13.4. The van der Waals surface area contributed by atoms with Gasteiger partial charge in [-0.15, -0.1) is 0 Å². The molecule has 0 heterocycles. The predicted octanol–water partition coefficient (Wildman–Crippen LogP) is 3.34. The molecule has 3 N–H and O–H groups in total. The Morgan fingerprint density at radius 2 is 2.05 bits per heavy atom. The standard InChI is InChI=1S/C17H29N3O/c1-3-10-21-17-12-14(18)11-15(13-17)19-8-9-20(2)16-6-4-5-7-16/h11-13,16,19H,3-10,18H2,1-2H3. The van der Waals surface area contributed by atoms with Crippen molar-refractivity contribution in [2.75, 3.05) is 37.8 Å². The van der Waals surface area contributed by atoms with Gasteiger partial charge in [-0.05, 0) is 32.4 Å². The Bertz CT molecular complexity index is 430. The van der Waals surface area contributed by atoms with Gasteiger partial charge in [0.25, 0.3) is 0 Å². The van der Waals surface area contributed by atoms with Gasteiger partial charge in [0.15, 0.2) is 0 Å². The van der Waals surface area contributed by atoms with Crippen molar-refractivity contribution < 1.29 is 4.74 Å². The molecule has 1 aromatic carbocycles. The van der Waals surface area contributed by atoms with Crippen LogP contribution in [0.5, 0.6) is 5.75 Å². The second-order valence-corrected chi connectivity index (χ2v) is 5.98. The third-order valence-corrected chi connectivity index (χ3v) is 4.14. The van der Waals surface area contributed by atoms with Crippen molar-refractivity contribution >= 4 is 11.4 Å². The molecule has 0 saturated heterocycles. The van der Waals surface area contributed by atoms with E-state index in [4.69, 9.17) is 10.5 Å². The Labute approximate surface area is 128 Å². The first-order valence-corrected chi connectivity index (χ1v) is 8.16. The van der Waals surface area contributed by atoms with Crippen molar-refractivity contribution in [1.82, 2.24) is 4.90 Å². The van der Waals surface area contributed by atoms with Gasteiger partial charge in [-0.25, -0.2) is 0 Å². The van der Waals surface area contributed by atoms with E-state index >= 15 is 0 Å². The first-order valence-electron chi connectivity index (χ1n) is 8.16. The van der Waals surface area contributed by atoms with Crippen molar-refractivity contribution in [2.45, 2.75) is 45.1 Å². The van der Waals surface area contributed by atoms with E-state index in [1.54, 1.807) is 0 Å². The minimum absolute atomic E-state index is 0.729. The van der Waals surface area contributed by atoms with Crippen molar-refractivity contribution in [1.29, 1.82) is 0 Å². The van der Waals surface area contributed by atoms with Crippen molar-refractivity contribution in [3.8, 4) is 5.75 Å². The van der Waals surface area contributed by atoms with E-state index in [2.05, 4.69) is 24.2 Å². The Kier molecular flexibility index (Phi) is 6.18. The molecule has 2 rings (SSSR count). The first kappa shape index (κ1) is 16.0. The molecular weight excluding hydrogens is 262 g/mol. The summed E-state index contributed by atoms with van der Waals surface area (Å²) in [7, 11) is 2.23. The van der Waals surface area contributed by atoms with E-state index < -0.39 is 0 Å². The molecule has 1 aromatic rings. The fourth-order valence-electron chi connectivity index (χ4n) is 2.93. The van der Waals surface area contributed by atoms with Crippen LogP contribution in [0.4, 0.5) is 11.4 Å². The summed E-state index contributed by atoms with van der Waals surface area (Å²) in [5.74, 6) is 0.850. The number of nitrogens with zero attached hydrogens (tertiary/aromatic N) is 1. The third kappa shape index (κ3) is 5.12. The molecule has 118 valence electrons. The summed E-state index contributed by atoms with van der Waals surface area (Å²) in [5, 5.41) is 3.46. The second kappa shape index (κ2) is 8.13. The minimum Gasteiger partial charge on any atom is -0.493 e. The molecule has 1 aliphatic rings. The van der Waals surface area contributed by atoms with Crippen LogP contribution in [0, 0.1) is 0 Å². The summed E-state index contributed by atoms with van der Waals surface area (Å²) in [6.07, 6.45) is 6.48. The van der Waals surface area contributed by atoms with Gasteiger partial charge in [0.05, 0.1) is 6.61 Å². The average Bonchev–Trinajstić information content (AvgIpc) is 2.99. The second-order valence-electron chi connectivity index (χ2n) is 5.98. The number of hydrogen-bond donors (Lipinski definition) is 2. The maximum Gasteiger partial charge on any atom is 0.123 e. The number of rotatable bonds is 8. The highest BCUT2D eigenvalue weighted by Crippen LogP contribution is 2.24. The summed E-state index contributed by atoms with van der Waals surface area (Å²) in [4.78, 5) is 2.47. The number of ether oxygens (including phenoxy) is 1. The fraction of sp³-hybridized carbons (Fsp3) is 0.647. The lowest BCUT2D eigenvalue weighted by molar-refractivity contribution is 0.254. The highest BCUT2D eigenvalue weighted by Gasteiger charge is 2.18. The lowest BCUT2D eigenvalue weighted by atomic mass is 10.2. The summed E-state index contributed by atoms with van der Waals surface area (Å²) < 4.78 is 5.65. The van der Waals surface area contributed by atoms with Crippen LogP contribution in [0.1, 0.15) is 39.0 Å². The molecule has 1 aliphatic carbocycles. The Hall–Kier alpha value is -1.42. The molecule has 0 radical (unpaired) electrons. The monoisotopic (exact) mass is 291 g/mol. The highest BCUT2D eigenvalue weighted by molar-refractivity contribution is 5.59. The van der Waals surface area contributed by atoms with E-state index in [0.717, 1.165) is 49.3 Å². The predicted molar refractivity (Wildman–Crippen MR) is 90.0 cm³/mol. The molecule has 0 aliphatic heterocycles. The van der Waals surface area contributed by atoms with Crippen molar-refractivity contribution in [3.63, 3.8) is 0 Å².